The van der Waals surface area contributed by atoms with Crippen molar-refractivity contribution >= 4 is 29.0 Å². The van der Waals surface area contributed by atoms with Gasteiger partial charge in [-0.2, -0.15) is 0 Å². The van der Waals surface area contributed by atoms with Gasteiger partial charge in [-0.25, -0.2) is 4.99 Å². The molecule has 1 amide bonds. The Balaban J connectivity index is 2.21. The number of hydrogen-bond donors (Lipinski definition) is 0. The van der Waals surface area contributed by atoms with E-state index in [-0.39, 0.29) is 10.8 Å². The largest absolute Gasteiger partial charge is 0.497 e. The lowest BCUT2D eigenvalue weighted by molar-refractivity contribution is -0.110. The van der Waals surface area contributed by atoms with Gasteiger partial charge in [-0.15, -0.1) is 0 Å². The summed E-state index contributed by atoms with van der Waals surface area (Å²) < 4.78 is 5.00. The molecule has 1 aliphatic carbocycles. The van der Waals surface area contributed by atoms with Gasteiger partial charge in [0.15, 0.2) is 5.78 Å². The fourth-order valence-corrected chi connectivity index (χ4v) is 1.65. The molecule has 19 heavy (non-hydrogen) atoms. The van der Waals surface area contributed by atoms with Crippen LogP contribution in [0.25, 0.3) is 0 Å². The molecule has 2 rings (SSSR count). The lowest BCUT2D eigenvalue weighted by Gasteiger charge is -2.03. The topological polar surface area (TPSA) is 55.7 Å². The van der Waals surface area contributed by atoms with Gasteiger partial charge in [0.1, 0.15) is 5.75 Å². The lowest BCUT2D eigenvalue weighted by atomic mass is 10.1. The van der Waals surface area contributed by atoms with Gasteiger partial charge in [-0.1, -0.05) is 11.6 Å². The van der Waals surface area contributed by atoms with Gasteiger partial charge in [0, 0.05) is 5.56 Å². The molecule has 0 fully saturated rings. The second-order valence-corrected chi connectivity index (χ2v) is 4.17. The number of allylic oxidation sites excluding steroid dienone is 4. The van der Waals surface area contributed by atoms with Crippen molar-refractivity contribution < 1.29 is 14.3 Å². The van der Waals surface area contributed by atoms with E-state index in [1.807, 2.05) is 0 Å². The quantitative estimate of drug-likeness (QED) is 0.780. The van der Waals surface area contributed by atoms with Crippen LogP contribution in [0.15, 0.2) is 52.5 Å². The molecule has 1 aromatic carbocycles. The molecule has 0 saturated carbocycles. The predicted octanol–water partition coefficient (Wildman–Crippen LogP) is 2.54. The number of methoxy groups -OCH3 is 1. The molecule has 1 aromatic rings. The molecule has 4 nitrogen and oxygen atoms in total. The van der Waals surface area contributed by atoms with E-state index in [1.165, 1.54) is 18.2 Å². The van der Waals surface area contributed by atoms with E-state index >= 15 is 0 Å². The number of rotatable bonds is 2. The Kier molecular flexibility index (Phi) is 3.92. The first kappa shape index (κ1) is 13.2. The first-order valence-corrected chi connectivity index (χ1v) is 5.84. The van der Waals surface area contributed by atoms with Gasteiger partial charge >= 0.3 is 0 Å². The Morgan fingerprint density at radius 2 is 1.89 bits per heavy atom. The molecule has 0 atom stereocenters. The fourth-order valence-electron chi connectivity index (χ4n) is 1.47. The number of ketones is 1. The molecule has 0 aliphatic heterocycles. The van der Waals surface area contributed by atoms with Crippen molar-refractivity contribution in [3.05, 3.63) is 53.1 Å². The Morgan fingerprint density at radius 3 is 2.47 bits per heavy atom. The smallest absolute Gasteiger partial charge is 0.277 e. The zero-order chi connectivity index (χ0) is 13.8. The van der Waals surface area contributed by atoms with Gasteiger partial charge < -0.3 is 4.74 Å². The molecule has 0 N–H and O–H groups in total. The zero-order valence-electron chi connectivity index (χ0n) is 10.1. The maximum Gasteiger partial charge on any atom is 0.277 e. The van der Waals surface area contributed by atoms with E-state index in [2.05, 4.69) is 4.99 Å². The van der Waals surface area contributed by atoms with Crippen LogP contribution in [0.3, 0.4) is 0 Å². The van der Waals surface area contributed by atoms with Crippen LogP contribution in [-0.2, 0) is 4.79 Å². The van der Waals surface area contributed by atoms with Crippen LogP contribution in [0.4, 0.5) is 0 Å². The minimum atomic E-state index is -0.405. The van der Waals surface area contributed by atoms with Gasteiger partial charge in [0.25, 0.3) is 5.91 Å². The van der Waals surface area contributed by atoms with Gasteiger partial charge in [0.2, 0.25) is 0 Å². The van der Waals surface area contributed by atoms with Crippen LogP contribution in [0, 0.1) is 0 Å². The highest BCUT2D eigenvalue weighted by molar-refractivity contribution is 6.47. The maximum atomic E-state index is 11.9. The van der Waals surface area contributed by atoms with Gasteiger partial charge in [-0.05, 0) is 42.5 Å². The molecule has 0 aromatic heterocycles. The molecule has 5 heteroatoms. The Morgan fingerprint density at radius 1 is 1.21 bits per heavy atom. The molecule has 1 aliphatic rings. The number of carbonyl (C=O) groups is 2. The van der Waals surface area contributed by atoms with E-state index < -0.39 is 5.91 Å². The molecular weight excluding hydrogens is 266 g/mol. The zero-order valence-corrected chi connectivity index (χ0v) is 10.8. The minimum absolute atomic E-state index is 0.0452. The third kappa shape index (κ3) is 3.17. The Hall–Kier alpha value is -2.20. The molecule has 0 bridgehead atoms. The third-order valence-electron chi connectivity index (χ3n) is 2.48. The highest BCUT2D eigenvalue weighted by atomic mass is 35.5. The summed E-state index contributed by atoms with van der Waals surface area (Å²) in [6.45, 7) is 0. The summed E-state index contributed by atoms with van der Waals surface area (Å²) in [4.78, 5) is 26.9. The van der Waals surface area contributed by atoms with Crippen molar-refractivity contribution in [2.45, 2.75) is 0 Å². The number of halogens is 1. The van der Waals surface area contributed by atoms with Crippen LogP contribution in [-0.4, -0.2) is 24.5 Å². The van der Waals surface area contributed by atoms with Crippen LogP contribution < -0.4 is 4.74 Å². The van der Waals surface area contributed by atoms with E-state index in [9.17, 15) is 9.59 Å². The van der Waals surface area contributed by atoms with Crippen LogP contribution >= 0.6 is 11.6 Å². The molecule has 0 spiro atoms. The van der Waals surface area contributed by atoms with E-state index in [0.29, 0.717) is 17.0 Å². The van der Waals surface area contributed by atoms with E-state index in [4.69, 9.17) is 16.3 Å². The number of nitrogens with zero attached hydrogens (tertiary/aromatic N) is 1. The first-order chi connectivity index (χ1) is 9.10. The van der Waals surface area contributed by atoms with Crippen molar-refractivity contribution in [1.82, 2.24) is 0 Å². The molecule has 96 valence electrons. The summed E-state index contributed by atoms with van der Waals surface area (Å²) >= 11 is 5.68. The van der Waals surface area contributed by atoms with Crippen LogP contribution in [0.2, 0.25) is 0 Å². The third-order valence-corrected chi connectivity index (χ3v) is 2.78. The minimum Gasteiger partial charge on any atom is -0.497 e. The summed E-state index contributed by atoms with van der Waals surface area (Å²) in [5.41, 5.74) is 0.786. The lowest BCUT2D eigenvalue weighted by Crippen LogP contribution is -2.06. The number of ether oxygens (including phenoxy) is 1. The maximum absolute atomic E-state index is 11.9. The molecular formula is C14H10ClNO3. The molecule has 0 radical (unpaired) electrons. The number of benzene rings is 1. The Bertz CT molecular complexity index is 612. The highest BCUT2D eigenvalue weighted by Crippen LogP contribution is 2.14. The van der Waals surface area contributed by atoms with Gasteiger partial charge in [-0.3, -0.25) is 9.59 Å². The van der Waals surface area contributed by atoms with Gasteiger partial charge in [0.05, 0.1) is 17.9 Å². The monoisotopic (exact) mass is 275 g/mol. The van der Waals surface area contributed by atoms with Crippen molar-refractivity contribution in [3.8, 4) is 5.75 Å². The molecule has 0 saturated heterocycles. The fraction of sp³-hybridized carbons (Fsp3) is 0.0714. The van der Waals surface area contributed by atoms with E-state index in [1.54, 1.807) is 31.4 Å². The average Bonchev–Trinajstić information content (AvgIpc) is 2.43. The van der Waals surface area contributed by atoms with Crippen molar-refractivity contribution in [3.63, 3.8) is 0 Å². The SMILES string of the molecule is COc1ccc(C(=O)N=C2C=CC(=O)C(Cl)=C2)cc1. The van der Waals surface area contributed by atoms with Crippen LogP contribution in [0.5, 0.6) is 5.75 Å². The highest BCUT2D eigenvalue weighted by Gasteiger charge is 2.11. The number of aliphatic imine (C=N–C) groups is 1. The normalized spacial score (nSPS) is 16.4. The summed E-state index contributed by atoms with van der Waals surface area (Å²) in [6.07, 6.45) is 4.10. The number of carbonyl (C=O) groups excluding carboxylic acids is 2. The first-order valence-electron chi connectivity index (χ1n) is 5.47. The standard InChI is InChI=1S/C14H10ClNO3/c1-19-11-5-2-9(3-6-11)14(18)16-10-4-7-13(17)12(15)8-10/h2-8H,1H3. The number of amides is 1. The molecule has 0 heterocycles. The summed E-state index contributed by atoms with van der Waals surface area (Å²) in [5.74, 6) is -0.0369. The second kappa shape index (κ2) is 5.63. The average molecular weight is 276 g/mol. The van der Waals surface area contributed by atoms with Crippen molar-refractivity contribution in [2.24, 2.45) is 4.99 Å². The van der Waals surface area contributed by atoms with Crippen molar-refractivity contribution in [2.75, 3.05) is 7.11 Å². The number of hydrogen-bond acceptors (Lipinski definition) is 3. The second-order valence-electron chi connectivity index (χ2n) is 3.76. The summed E-state index contributed by atoms with van der Waals surface area (Å²) in [6, 6.07) is 6.59. The predicted molar refractivity (Wildman–Crippen MR) is 72.8 cm³/mol. The summed E-state index contributed by atoms with van der Waals surface area (Å²) in [5, 5.41) is 0.0452. The van der Waals surface area contributed by atoms with E-state index in [0.717, 1.165) is 0 Å². The van der Waals surface area contributed by atoms with Crippen LogP contribution in [0.1, 0.15) is 10.4 Å². The summed E-state index contributed by atoms with van der Waals surface area (Å²) in [7, 11) is 1.55. The Labute approximate surface area is 115 Å². The van der Waals surface area contributed by atoms with Crippen molar-refractivity contribution in [1.29, 1.82) is 0 Å². The molecule has 0 unspecified atom stereocenters.